The van der Waals surface area contributed by atoms with Gasteiger partial charge in [0, 0.05) is 25.8 Å². The number of rotatable bonds is 4. The van der Waals surface area contributed by atoms with Crippen LogP contribution in [0.25, 0.3) is 0 Å². The number of nitrogens with one attached hydrogen (secondary N) is 2. The van der Waals surface area contributed by atoms with Gasteiger partial charge in [0.05, 0.1) is 12.2 Å². The highest BCUT2D eigenvalue weighted by atomic mass is 15.3. The first-order chi connectivity index (χ1) is 8.99. The van der Waals surface area contributed by atoms with Crippen LogP contribution in [-0.2, 0) is 13.5 Å². The van der Waals surface area contributed by atoms with Crippen LogP contribution < -0.4 is 10.6 Å². The Balaban J connectivity index is 2.65. The fraction of sp³-hybridized carbons (Fsp3) is 0.571. The second-order valence-corrected chi connectivity index (χ2v) is 4.65. The van der Waals surface area contributed by atoms with Crippen LogP contribution in [0.3, 0.4) is 0 Å². The maximum absolute atomic E-state index is 5.22. The van der Waals surface area contributed by atoms with Crippen LogP contribution in [0.1, 0.15) is 23.9 Å². The molecule has 1 rings (SSSR count). The van der Waals surface area contributed by atoms with Gasteiger partial charge in [-0.3, -0.25) is 9.67 Å². The van der Waals surface area contributed by atoms with E-state index in [9.17, 15) is 0 Å². The third-order valence-corrected chi connectivity index (χ3v) is 3.13. The van der Waals surface area contributed by atoms with Crippen LogP contribution in [0.15, 0.2) is 4.99 Å². The third-order valence-electron chi connectivity index (χ3n) is 3.13. The molecule has 0 spiro atoms. The average Bonchev–Trinajstić information content (AvgIpc) is 2.61. The smallest absolute Gasteiger partial charge is 0.191 e. The average molecular weight is 261 g/mol. The molecule has 0 radical (unpaired) electrons. The summed E-state index contributed by atoms with van der Waals surface area (Å²) in [5.74, 6) is 3.26. The highest BCUT2D eigenvalue weighted by molar-refractivity contribution is 5.80. The summed E-state index contributed by atoms with van der Waals surface area (Å²) in [6.45, 7) is 6.72. The number of terminal acetylenes is 1. The van der Waals surface area contributed by atoms with Gasteiger partial charge in [0.15, 0.2) is 5.96 Å². The Morgan fingerprint density at radius 3 is 2.68 bits per heavy atom. The lowest BCUT2D eigenvalue weighted by Crippen LogP contribution is -2.43. The SMILES string of the molecule is C#CCNC(=NC)NC(C)Cc1c(C)nn(C)c1C. The Hall–Kier alpha value is -1.96. The molecule has 0 aromatic carbocycles. The lowest BCUT2D eigenvalue weighted by molar-refractivity contribution is 0.640. The van der Waals surface area contributed by atoms with Crippen molar-refractivity contribution in [3.05, 3.63) is 17.0 Å². The fourth-order valence-electron chi connectivity index (χ4n) is 2.03. The molecule has 0 saturated heterocycles. The van der Waals surface area contributed by atoms with Crippen molar-refractivity contribution in [2.75, 3.05) is 13.6 Å². The van der Waals surface area contributed by atoms with Crippen LogP contribution in [0.2, 0.25) is 0 Å². The molecular formula is C14H23N5. The Kier molecular flexibility index (Phi) is 5.43. The number of hydrogen-bond acceptors (Lipinski definition) is 2. The van der Waals surface area contributed by atoms with Crippen molar-refractivity contribution in [3.63, 3.8) is 0 Å². The zero-order valence-corrected chi connectivity index (χ0v) is 12.4. The summed E-state index contributed by atoms with van der Waals surface area (Å²) >= 11 is 0. The molecule has 19 heavy (non-hydrogen) atoms. The topological polar surface area (TPSA) is 54.2 Å². The van der Waals surface area contributed by atoms with Gasteiger partial charge in [-0.25, -0.2) is 0 Å². The predicted molar refractivity (Wildman–Crippen MR) is 79.2 cm³/mol. The van der Waals surface area contributed by atoms with Crippen molar-refractivity contribution in [2.24, 2.45) is 12.0 Å². The zero-order chi connectivity index (χ0) is 14.4. The van der Waals surface area contributed by atoms with E-state index in [0.29, 0.717) is 6.54 Å². The summed E-state index contributed by atoms with van der Waals surface area (Å²) in [4.78, 5) is 4.14. The van der Waals surface area contributed by atoms with Gasteiger partial charge in [0.2, 0.25) is 0 Å². The standard InChI is InChI=1S/C14H23N5/c1-7-8-16-14(15-5)17-10(2)9-13-11(3)18-19(6)12(13)4/h1,10H,8-9H2,2-6H3,(H2,15,16,17). The lowest BCUT2D eigenvalue weighted by atomic mass is 10.1. The normalized spacial score (nSPS) is 12.9. The van der Waals surface area contributed by atoms with Crippen molar-refractivity contribution >= 4 is 5.96 Å². The monoisotopic (exact) mass is 261 g/mol. The Labute approximate surface area is 115 Å². The fourth-order valence-corrected chi connectivity index (χ4v) is 2.03. The molecule has 0 fully saturated rings. The molecule has 1 aromatic heterocycles. The Morgan fingerprint density at radius 2 is 2.21 bits per heavy atom. The van der Waals surface area contributed by atoms with E-state index in [4.69, 9.17) is 6.42 Å². The van der Waals surface area contributed by atoms with E-state index >= 15 is 0 Å². The molecule has 5 heteroatoms. The van der Waals surface area contributed by atoms with Crippen LogP contribution in [0, 0.1) is 26.2 Å². The van der Waals surface area contributed by atoms with Gasteiger partial charge in [-0.2, -0.15) is 5.10 Å². The van der Waals surface area contributed by atoms with Crippen molar-refractivity contribution in [2.45, 2.75) is 33.2 Å². The summed E-state index contributed by atoms with van der Waals surface area (Å²) in [5, 5.41) is 10.8. The van der Waals surface area contributed by atoms with Crippen LogP contribution in [-0.4, -0.2) is 35.4 Å². The van der Waals surface area contributed by atoms with Gasteiger partial charge in [0.25, 0.3) is 0 Å². The summed E-state index contributed by atoms with van der Waals surface area (Å²) < 4.78 is 1.92. The minimum absolute atomic E-state index is 0.255. The first-order valence-corrected chi connectivity index (χ1v) is 6.39. The molecule has 0 amide bonds. The maximum Gasteiger partial charge on any atom is 0.191 e. The highest BCUT2D eigenvalue weighted by Crippen LogP contribution is 2.13. The zero-order valence-electron chi connectivity index (χ0n) is 12.4. The van der Waals surface area contributed by atoms with Gasteiger partial charge >= 0.3 is 0 Å². The molecule has 0 saturated carbocycles. The van der Waals surface area contributed by atoms with Gasteiger partial charge < -0.3 is 10.6 Å². The highest BCUT2D eigenvalue weighted by Gasteiger charge is 2.13. The van der Waals surface area contributed by atoms with Crippen molar-refractivity contribution < 1.29 is 0 Å². The summed E-state index contributed by atoms with van der Waals surface area (Å²) in [7, 11) is 3.70. The molecular weight excluding hydrogens is 238 g/mol. The quantitative estimate of drug-likeness (QED) is 0.478. The maximum atomic E-state index is 5.22. The first kappa shape index (κ1) is 15.1. The summed E-state index contributed by atoms with van der Waals surface area (Å²) in [6.07, 6.45) is 6.13. The number of hydrogen-bond donors (Lipinski definition) is 2. The number of aryl methyl sites for hydroxylation is 2. The second-order valence-electron chi connectivity index (χ2n) is 4.65. The molecule has 0 aliphatic heterocycles. The van der Waals surface area contributed by atoms with E-state index in [-0.39, 0.29) is 6.04 Å². The van der Waals surface area contributed by atoms with E-state index < -0.39 is 0 Å². The summed E-state index contributed by atoms with van der Waals surface area (Å²) in [6, 6.07) is 0.255. The Morgan fingerprint density at radius 1 is 1.53 bits per heavy atom. The Bertz CT molecular complexity index is 493. The number of nitrogens with zero attached hydrogens (tertiary/aromatic N) is 3. The minimum atomic E-state index is 0.255. The first-order valence-electron chi connectivity index (χ1n) is 6.39. The summed E-state index contributed by atoms with van der Waals surface area (Å²) in [5.41, 5.74) is 3.58. The van der Waals surface area contributed by atoms with Crippen LogP contribution >= 0.6 is 0 Å². The lowest BCUT2D eigenvalue weighted by Gasteiger charge is -2.17. The molecule has 5 nitrogen and oxygen atoms in total. The number of guanidine groups is 1. The molecule has 1 heterocycles. The van der Waals surface area contributed by atoms with E-state index in [2.05, 4.69) is 40.5 Å². The molecule has 0 aliphatic carbocycles. The van der Waals surface area contributed by atoms with E-state index in [1.807, 2.05) is 18.7 Å². The second kappa shape index (κ2) is 6.83. The van der Waals surface area contributed by atoms with Gasteiger partial charge in [-0.15, -0.1) is 6.42 Å². The van der Waals surface area contributed by atoms with Gasteiger partial charge in [-0.05, 0) is 32.8 Å². The van der Waals surface area contributed by atoms with E-state index in [1.54, 1.807) is 7.05 Å². The molecule has 1 atom stereocenters. The van der Waals surface area contributed by atoms with Crippen molar-refractivity contribution in [3.8, 4) is 12.3 Å². The van der Waals surface area contributed by atoms with Gasteiger partial charge in [-0.1, -0.05) is 5.92 Å². The molecule has 104 valence electrons. The minimum Gasteiger partial charge on any atom is -0.354 e. The number of aliphatic imine (C=N–C) groups is 1. The molecule has 1 aromatic rings. The third kappa shape index (κ3) is 4.02. The van der Waals surface area contributed by atoms with E-state index in [1.165, 1.54) is 11.3 Å². The molecule has 1 unspecified atom stereocenters. The van der Waals surface area contributed by atoms with Crippen LogP contribution in [0.5, 0.6) is 0 Å². The largest absolute Gasteiger partial charge is 0.354 e. The number of aromatic nitrogens is 2. The van der Waals surface area contributed by atoms with E-state index in [0.717, 1.165) is 18.1 Å². The van der Waals surface area contributed by atoms with Crippen LogP contribution in [0.4, 0.5) is 0 Å². The van der Waals surface area contributed by atoms with Gasteiger partial charge in [0.1, 0.15) is 0 Å². The predicted octanol–water partition coefficient (Wildman–Crippen LogP) is 0.766. The molecule has 0 bridgehead atoms. The van der Waals surface area contributed by atoms with Crippen molar-refractivity contribution in [1.82, 2.24) is 20.4 Å². The van der Waals surface area contributed by atoms with Crippen molar-refractivity contribution in [1.29, 1.82) is 0 Å². The molecule has 0 aliphatic rings. The molecule has 2 N–H and O–H groups in total.